The number of rotatable bonds is 6. The topological polar surface area (TPSA) is 96.5 Å². The molecule has 0 bridgehead atoms. The van der Waals surface area contributed by atoms with Crippen LogP contribution in [0, 0.1) is 6.92 Å². The second-order valence-corrected chi connectivity index (χ2v) is 6.85. The standard InChI is InChI=1S/C18H16Cl3N3O4/c1-10-6-12(3-5-14(10)20)28-9-17(26)24-23-16(25)8-22-18(27)13-4-2-11(19)7-15(13)21/h2-7H,8-9H2,1H3,(H,22,27)(H,23,25)(H,24,26). The Bertz CT molecular complexity index is 906. The van der Waals surface area contributed by atoms with E-state index in [1.165, 1.54) is 18.2 Å². The summed E-state index contributed by atoms with van der Waals surface area (Å²) in [5.74, 6) is -1.29. The number of benzene rings is 2. The van der Waals surface area contributed by atoms with Crippen LogP contribution in [0.15, 0.2) is 36.4 Å². The predicted octanol–water partition coefficient (Wildman–Crippen LogP) is 2.91. The minimum Gasteiger partial charge on any atom is -0.484 e. The third-order valence-electron chi connectivity index (χ3n) is 3.43. The van der Waals surface area contributed by atoms with Gasteiger partial charge in [-0.25, -0.2) is 0 Å². The number of amides is 3. The molecule has 28 heavy (non-hydrogen) atoms. The summed E-state index contributed by atoms with van der Waals surface area (Å²) < 4.78 is 5.30. The summed E-state index contributed by atoms with van der Waals surface area (Å²) in [4.78, 5) is 35.4. The molecular weight excluding hydrogens is 429 g/mol. The molecule has 0 heterocycles. The summed E-state index contributed by atoms with van der Waals surface area (Å²) >= 11 is 17.6. The zero-order valence-electron chi connectivity index (χ0n) is 14.6. The van der Waals surface area contributed by atoms with Crippen LogP contribution in [0.1, 0.15) is 15.9 Å². The molecule has 0 radical (unpaired) electrons. The Kier molecular flexibility index (Phi) is 7.92. The van der Waals surface area contributed by atoms with Gasteiger partial charge in [0.25, 0.3) is 17.7 Å². The Morgan fingerprint density at radius 3 is 2.32 bits per heavy atom. The second kappa shape index (κ2) is 10.2. The normalized spacial score (nSPS) is 10.1. The fraction of sp³-hybridized carbons (Fsp3) is 0.167. The van der Waals surface area contributed by atoms with Crippen LogP contribution < -0.4 is 20.9 Å². The lowest BCUT2D eigenvalue weighted by Gasteiger charge is -2.10. The molecule has 0 unspecified atom stereocenters. The number of halogens is 3. The highest BCUT2D eigenvalue weighted by Crippen LogP contribution is 2.21. The first kappa shape index (κ1) is 21.8. The molecule has 2 aromatic carbocycles. The van der Waals surface area contributed by atoms with E-state index in [-0.39, 0.29) is 23.7 Å². The van der Waals surface area contributed by atoms with Crippen molar-refractivity contribution in [2.45, 2.75) is 6.92 Å². The minimum absolute atomic E-state index is 0.160. The molecule has 2 aromatic rings. The summed E-state index contributed by atoms with van der Waals surface area (Å²) in [6.45, 7) is 1.13. The van der Waals surface area contributed by atoms with Gasteiger partial charge in [-0.3, -0.25) is 25.2 Å². The molecule has 10 heteroatoms. The molecule has 148 valence electrons. The first-order valence-electron chi connectivity index (χ1n) is 7.96. The summed E-state index contributed by atoms with van der Waals surface area (Å²) in [7, 11) is 0. The van der Waals surface area contributed by atoms with Crippen LogP contribution in [0.3, 0.4) is 0 Å². The van der Waals surface area contributed by atoms with Crippen molar-refractivity contribution in [2.24, 2.45) is 0 Å². The first-order valence-corrected chi connectivity index (χ1v) is 9.09. The molecule has 2 rings (SSSR count). The van der Waals surface area contributed by atoms with Gasteiger partial charge in [0.2, 0.25) is 0 Å². The van der Waals surface area contributed by atoms with Crippen LogP contribution in [-0.2, 0) is 9.59 Å². The highest BCUT2D eigenvalue weighted by molar-refractivity contribution is 6.36. The number of aryl methyl sites for hydroxylation is 1. The maximum Gasteiger partial charge on any atom is 0.276 e. The number of nitrogens with one attached hydrogen (secondary N) is 3. The quantitative estimate of drug-likeness (QED) is 0.597. The maximum absolute atomic E-state index is 12.0. The summed E-state index contributed by atoms with van der Waals surface area (Å²) in [5.41, 5.74) is 5.32. The maximum atomic E-state index is 12.0. The molecular formula is C18H16Cl3N3O4. The van der Waals surface area contributed by atoms with Crippen LogP contribution in [0.4, 0.5) is 0 Å². The van der Waals surface area contributed by atoms with Gasteiger partial charge in [-0.15, -0.1) is 0 Å². The number of ether oxygens (including phenoxy) is 1. The van der Waals surface area contributed by atoms with Gasteiger partial charge in [-0.2, -0.15) is 0 Å². The van der Waals surface area contributed by atoms with Crippen molar-refractivity contribution in [3.8, 4) is 5.75 Å². The van der Waals surface area contributed by atoms with Gasteiger partial charge >= 0.3 is 0 Å². The highest BCUT2D eigenvalue weighted by atomic mass is 35.5. The summed E-state index contributed by atoms with van der Waals surface area (Å²) in [6.07, 6.45) is 0. The molecule has 0 aromatic heterocycles. The van der Waals surface area contributed by atoms with Gasteiger partial charge in [0.1, 0.15) is 5.75 Å². The Hall–Kier alpha value is -2.48. The predicted molar refractivity (Wildman–Crippen MR) is 107 cm³/mol. The van der Waals surface area contributed by atoms with Crippen molar-refractivity contribution in [3.63, 3.8) is 0 Å². The number of hydrogen-bond acceptors (Lipinski definition) is 4. The van der Waals surface area contributed by atoms with Crippen molar-refractivity contribution in [3.05, 3.63) is 62.6 Å². The SMILES string of the molecule is Cc1cc(OCC(=O)NNC(=O)CNC(=O)c2ccc(Cl)cc2Cl)ccc1Cl. The van der Waals surface area contributed by atoms with Crippen molar-refractivity contribution in [1.82, 2.24) is 16.2 Å². The Morgan fingerprint density at radius 1 is 0.929 bits per heavy atom. The van der Waals surface area contributed by atoms with Crippen LogP contribution in [0.5, 0.6) is 5.75 Å². The van der Waals surface area contributed by atoms with E-state index in [0.29, 0.717) is 15.8 Å². The number of carbonyl (C=O) groups excluding carboxylic acids is 3. The molecule has 0 atom stereocenters. The molecule has 0 aliphatic carbocycles. The second-order valence-electron chi connectivity index (χ2n) is 5.60. The molecule has 0 saturated heterocycles. The van der Waals surface area contributed by atoms with E-state index in [9.17, 15) is 14.4 Å². The molecule has 0 aliphatic heterocycles. The number of carbonyl (C=O) groups is 3. The van der Waals surface area contributed by atoms with Gasteiger partial charge in [0.15, 0.2) is 6.61 Å². The van der Waals surface area contributed by atoms with Crippen molar-refractivity contribution in [2.75, 3.05) is 13.2 Å². The molecule has 3 N–H and O–H groups in total. The third-order valence-corrected chi connectivity index (χ3v) is 4.40. The average molecular weight is 445 g/mol. The van der Waals surface area contributed by atoms with E-state index in [4.69, 9.17) is 39.5 Å². The lowest BCUT2D eigenvalue weighted by molar-refractivity contribution is -0.129. The lowest BCUT2D eigenvalue weighted by Crippen LogP contribution is -2.47. The van der Waals surface area contributed by atoms with Gasteiger partial charge in [-0.1, -0.05) is 34.8 Å². The van der Waals surface area contributed by atoms with E-state index in [1.807, 2.05) is 0 Å². The first-order chi connectivity index (χ1) is 13.3. The zero-order valence-corrected chi connectivity index (χ0v) is 16.9. The van der Waals surface area contributed by atoms with Gasteiger partial charge in [0, 0.05) is 10.0 Å². The molecule has 0 spiro atoms. The Labute approximate surface area is 176 Å². The van der Waals surface area contributed by atoms with Crippen molar-refractivity contribution >= 4 is 52.5 Å². The van der Waals surface area contributed by atoms with Crippen LogP contribution in [0.25, 0.3) is 0 Å². The summed E-state index contributed by atoms with van der Waals surface area (Å²) in [6, 6.07) is 9.33. The van der Waals surface area contributed by atoms with E-state index < -0.39 is 17.7 Å². The fourth-order valence-electron chi connectivity index (χ4n) is 2.00. The van der Waals surface area contributed by atoms with E-state index in [0.717, 1.165) is 5.56 Å². The van der Waals surface area contributed by atoms with Crippen LogP contribution >= 0.6 is 34.8 Å². The lowest BCUT2D eigenvalue weighted by atomic mass is 10.2. The average Bonchev–Trinajstić information content (AvgIpc) is 2.65. The van der Waals surface area contributed by atoms with Crippen LogP contribution in [-0.4, -0.2) is 30.9 Å². The monoisotopic (exact) mass is 443 g/mol. The van der Waals surface area contributed by atoms with Gasteiger partial charge in [0.05, 0.1) is 17.1 Å². The fourth-order valence-corrected chi connectivity index (χ4v) is 2.62. The van der Waals surface area contributed by atoms with Crippen molar-refractivity contribution < 1.29 is 19.1 Å². The van der Waals surface area contributed by atoms with Crippen LogP contribution in [0.2, 0.25) is 15.1 Å². The molecule has 3 amide bonds. The van der Waals surface area contributed by atoms with E-state index >= 15 is 0 Å². The summed E-state index contributed by atoms with van der Waals surface area (Å²) in [5, 5.41) is 3.51. The Balaban J connectivity index is 1.72. The van der Waals surface area contributed by atoms with Gasteiger partial charge < -0.3 is 10.1 Å². The largest absolute Gasteiger partial charge is 0.484 e. The highest BCUT2D eigenvalue weighted by Gasteiger charge is 2.12. The molecule has 7 nitrogen and oxygen atoms in total. The smallest absolute Gasteiger partial charge is 0.276 e. The molecule has 0 saturated carbocycles. The van der Waals surface area contributed by atoms with Crippen molar-refractivity contribution in [1.29, 1.82) is 0 Å². The zero-order chi connectivity index (χ0) is 20.7. The molecule has 0 fully saturated rings. The number of hydrogen-bond donors (Lipinski definition) is 3. The molecule has 0 aliphatic rings. The van der Waals surface area contributed by atoms with E-state index in [1.54, 1.807) is 25.1 Å². The third kappa shape index (κ3) is 6.60. The minimum atomic E-state index is -0.630. The Morgan fingerprint density at radius 2 is 1.64 bits per heavy atom. The van der Waals surface area contributed by atoms with E-state index in [2.05, 4.69) is 16.2 Å². The number of hydrazine groups is 1. The van der Waals surface area contributed by atoms with Gasteiger partial charge in [-0.05, 0) is 48.9 Å².